The number of carbonyl (C=O) groups excluding carboxylic acids is 3. The van der Waals surface area contributed by atoms with Crippen LogP contribution in [0.4, 0.5) is 4.79 Å². The zero-order valence-electron chi connectivity index (χ0n) is 24.1. The molecular weight excluding hydrogens is 552 g/mol. The highest BCUT2D eigenvalue weighted by molar-refractivity contribution is 5.95. The Hall–Kier alpha value is -4.98. The fourth-order valence-electron chi connectivity index (χ4n) is 4.04. The maximum Gasteiger partial charge on any atom is 0.337 e. The van der Waals surface area contributed by atoms with Crippen molar-refractivity contribution in [3.05, 3.63) is 52.7 Å². The summed E-state index contributed by atoms with van der Waals surface area (Å²) in [4.78, 5) is 35.9. The summed E-state index contributed by atoms with van der Waals surface area (Å²) in [5.74, 6) is 0.197. The lowest BCUT2D eigenvalue weighted by Gasteiger charge is -2.28. The number of amides is 2. The van der Waals surface area contributed by atoms with E-state index in [0.29, 0.717) is 34.9 Å². The van der Waals surface area contributed by atoms with Gasteiger partial charge in [-0.05, 0) is 43.7 Å². The Labute approximate surface area is 242 Å². The van der Waals surface area contributed by atoms with E-state index >= 15 is 0 Å². The third kappa shape index (κ3) is 7.81. The monoisotopic (exact) mass is 586 g/mol. The zero-order chi connectivity index (χ0) is 30.8. The molecule has 1 heterocycles. The third-order valence-corrected chi connectivity index (χ3v) is 5.84. The summed E-state index contributed by atoms with van der Waals surface area (Å²) in [6, 6.07) is 6.84. The van der Waals surface area contributed by atoms with Crippen LogP contribution in [-0.4, -0.2) is 70.1 Å². The lowest BCUT2D eigenvalue weighted by molar-refractivity contribution is -0.136. The molecule has 2 aromatic rings. The molecule has 0 radical (unpaired) electrons. The van der Waals surface area contributed by atoms with E-state index < -0.39 is 30.2 Å². The number of hydrazone groups is 1. The van der Waals surface area contributed by atoms with Crippen molar-refractivity contribution < 1.29 is 47.9 Å². The first-order chi connectivity index (χ1) is 20.1. The van der Waals surface area contributed by atoms with E-state index in [9.17, 15) is 19.5 Å². The predicted molar refractivity (Wildman–Crippen MR) is 150 cm³/mol. The van der Waals surface area contributed by atoms with Crippen molar-refractivity contribution in [2.45, 2.75) is 33.0 Å². The van der Waals surface area contributed by atoms with E-state index in [-0.39, 0.29) is 29.4 Å². The second kappa shape index (κ2) is 14.6. The molecule has 14 nitrogen and oxygen atoms in total. The first kappa shape index (κ1) is 31.5. The van der Waals surface area contributed by atoms with Crippen LogP contribution < -0.4 is 39.7 Å². The summed E-state index contributed by atoms with van der Waals surface area (Å²) in [6.45, 7) is 4.78. The Kier molecular flexibility index (Phi) is 11.0. The van der Waals surface area contributed by atoms with Gasteiger partial charge in [0.15, 0.2) is 29.2 Å². The molecule has 1 aliphatic rings. The molecule has 0 fully saturated rings. The van der Waals surface area contributed by atoms with Gasteiger partial charge in [0.2, 0.25) is 5.75 Å². The minimum absolute atomic E-state index is 0.136. The van der Waals surface area contributed by atoms with Crippen molar-refractivity contribution in [1.82, 2.24) is 16.1 Å². The van der Waals surface area contributed by atoms with Crippen LogP contribution in [0, 0.1) is 0 Å². The van der Waals surface area contributed by atoms with E-state index in [0.717, 1.165) is 0 Å². The van der Waals surface area contributed by atoms with E-state index in [4.69, 9.17) is 28.4 Å². The molecule has 0 aliphatic carbocycles. The Bertz CT molecular complexity index is 1350. The van der Waals surface area contributed by atoms with Crippen molar-refractivity contribution in [1.29, 1.82) is 0 Å². The first-order valence-electron chi connectivity index (χ1n) is 12.8. The molecule has 3 rings (SSSR count). The third-order valence-electron chi connectivity index (χ3n) is 5.84. The largest absolute Gasteiger partial charge is 0.493 e. The summed E-state index contributed by atoms with van der Waals surface area (Å²) in [6.07, 6.45) is 0.202. The standard InChI is InChI=1S/C28H34N4O10/c1-7-40-20-12-18(25-24(27(35)39-6)15(2)30-28(36)31-25)8-9-19(20)41-14-23(34)32-29-13-17-10-21(37-4)26(42-16(3)33)22(11-17)38-5/h8-13,23,25,32,34H,7,14H2,1-6H3,(H2,30,31,36)/b29-13+/t23-,25+/m0/s1. The van der Waals surface area contributed by atoms with Gasteiger partial charge < -0.3 is 44.2 Å². The second-order valence-corrected chi connectivity index (χ2v) is 8.76. The molecule has 226 valence electrons. The topological polar surface area (TPSA) is 175 Å². The van der Waals surface area contributed by atoms with E-state index in [2.05, 4.69) is 21.2 Å². The molecule has 0 saturated carbocycles. The maximum atomic E-state index is 12.4. The summed E-state index contributed by atoms with van der Waals surface area (Å²) < 4.78 is 32.1. The quantitative estimate of drug-likeness (QED) is 0.0890. The van der Waals surface area contributed by atoms with Gasteiger partial charge in [-0.15, -0.1) is 0 Å². The Morgan fingerprint density at radius 1 is 1.07 bits per heavy atom. The summed E-state index contributed by atoms with van der Waals surface area (Å²) >= 11 is 0. The highest BCUT2D eigenvalue weighted by Gasteiger charge is 2.32. The van der Waals surface area contributed by atoms with Gasteiger partial charge in [0.1, 0.15) is 6.61 Å². The maximum absolute atomic E-state index is 12.4. The van der Waals surface area contributed by atoms with Gasteiger partial charge in [0.05, 0.1) is 45.8 Å². The number of urea groups is 1. The molecule has 0 unspecified atom stereocenters. The number of aliphatic hydroxyl groups excluding tert-OH is 1. The van der Waals surface area contributed by atoms with Crippen molar-refractivity contribution in [3.63, 3.8) is 0 Å². The summed E-state index contributed by atoms with van der Waals surface area (Å²) in [5, 5.41) is 19.7. The van der Waals surface area contributed by atoms with Gasteiger partial charge >= 0.3 is 18.0 Å². The van der Waals surface area contributed by atoms with Gasteiger partial charge in [0.25, 0.3) is 0 Å². The lowest BCUT2D eigenvalue weighted by atomic mass is 9.95. The zero-order valence-corrected chi connectivity index (χ0v) is 24.1. The van der Waals surface area contributed by atoms with E-state index in [1.54, 1.807) is 44.2 Å². The number of nitrogens with zero attached hydrogens (tertiary/aromatic N) is 1. The highest BCUT2D eigenvalue weighted by Crippen LogP contribution is 2.38. The number of nitrogens with one attached hydrogen (secondary N) is 3. The molecule has 0 bridgehead atoms. The minimum atomic E-state index is -1.21. The van der Waals surface area contributed by atoms with Crippen molar-refractivity contribution >= 4 is 24.2 Å². The van der Waals surface area contributed by atoms with Gasteiger partial charge in [-0.3, -0.25) is 10.2 Å². The van der Waals surface area contributed by atoms with Crippen LogP contribution in [0.2, 0.25) is 0 Å². The molecular formula is C28H34N4O10. The molecule has 2 aromatic carbocycles. The smallest absolute Gasteiger partial charge is 0.337 e. The number of esters is 2. The number of hydrogen-bond acceptors (Lipinski definition) is 12. The second-order valence-electron chi connectivity index (χ2n) is 8.76. The average molecular weight is 587 g/mol. The molecule has 4 N–H and O–H groups in total. The number of ether oxygens (including phenoxy) is 6. The summed E-state index contributed by atoms with van der Waals surface area (Å²) in [7, 11) is 4.10. The van der Waals surface area contributed by atoms with Crippen LogP contribution >= 0.6 is 0 Å². The first-order valence-corrected chi connectivity index (χ1v) is 12.8. The number of carbonyl (C=O) groups is 3. The fraction of sp³-hybridized carbons (Fsp3) is 0.357. The van der Waals surface area contributed by atoms with E-state index in [1.807, 2.05) is 0 Å². The normalized spacial score (nSPS) is 15.3. The molecule has 42 heavy (non-hydrogen) atoms. The van der Waals surface area contributed by atoms with Crippen LogP contribution in [0.5, 0.6) is 28.7 Å². The Balaban J connectivity index is 1.71. The molecule has 0 spiro atoms. The van der Waals surface area contributed by atoms with Gasteiger partial charge in [-0.25, -0.2) is 9.59 Å². The van der Waals surface area contributed by atoms with Crippen LogP contribution in [0.15, 0.2) is 46.7 Å². The number of hydrogen-bond donors (Lipinski definition) is 4. The van der Waals surface area contributed by atoms with Crippen LogP contribution in [0.25, 0.3) is 0 Å². The van der Waals surface area contributed by atoms with Crippen molar-refractivity contribution in [2.24, 2.45) is 5.10 Å². The molecule has 0 aromatic heterocycles. The number of allylic oxidation sites excluding steroid dienone is 1. The number of methoxy groups -OCH3 is 3. The molecule has 2 atom stereocenters. The number of aliphatic hydroxyl groups is 1. The summed E-state index contributed by atoms with van der Waals surface area (Å²) in [5.41, 5.74) is 4.28. The van der Waals surface area contributed by atoms with Crippen molar-refractivity contribution in [3.8, 4) is 28.7 Å². The fourth-order valence-corrected chi connectivity index (χ4v) is 4.04. The molecule has 2 amide bonds. The SMILES string of the molecule is CCOc1cc([C@H]2NC(=O)NC(C)=C2C(=O)OC)ccc1OC[C@H](O)N/N=C/c1cc(OC)c(OC(C)=O)c(OC)c1. The Morgan fingerprint density at radius 2 is 1.76 bits per heavy atom. The molecule has 0 saturated heterocycles. The molecule has 1 aliphatic heterocycles. The Morgan fingerprint density at radius 3 is 2.36 bits per heavy atom. The van der Waals surface area contributed by atoms with E-state index in [1.165, 1.54) is 34.5 Å². The van der Waals surface area contributed by atoms with Gasteiger partial charge in [-0.2, -0.15) is 5.10 Å². The van der Waals surface area contributed by atoms with Crippen molar-refractivity contribution in [2.75, 3.05) is 34.5 Å². The molecule has 14 heteroatoms. The van der Waals surface area contributed by atoms with Gasteiger partial charge in [-0.1, -0.05) is 6.07 Å². The average Bonchev–Trinajstić information content (AvgIpc) is 2.96. The number of rotatable bonds is 13. The van der Waals surface area contributed by atoms with Gasteiger partial charge in [0, 0.05) is 18.2 Å². The highest BCUT2D eigenvalue weighted by atomic mass is 16.6. The van der Waals surface area contributed by atoms with Crippen LogP contribution in [-0.2, 0) is 14.3 Å². The lowest BCUT2D eigenvalue weighted by Crippen LogP contribution is -2.45. The van der Waals surface area contributed by atoms with Crippen LogP contribution in [0.1, 0.15) is 37.9 Å². The predicted octanol–water partition coefficient (Wildman–Crippen LogP) is 2.15. The van der Waals surface area contributed by atoms with Crippen LogP contribution in [0.3, 0.4) is 0 Å². The number of benzene rings is 2. The minimum Gasteiger partial charge on any atom is -0.493 e.